The molecule has 8 heteroatoms. The van der Waals surface area contributed by atoms with Gasteiger partial charge in [-0.05, 0) is 5.56 Å². The van der Waals surface area contributed by atoms with Crippen molar-refractivity contribution in [2.75, 3.05) is 12.8 Å². The monoisotopic (exact) mass is 346 g/mol. The van der Waals surface area contributed by atoms with E-state index < -0.39 is 0 Å². The number of carbonyl (C=O) groups excluding carboxylic acids is 2. The second-order valence-electron chi connectivity index (χ2n) is 4.94. The van der Waals surface area contributed by atoms with E-state index in [4.69, 9.17) is 0 Å². The molecule has 0 spiro atoms. The maximum absolute atomic E-state index is 11.9. The molecule has 0 aliphatic carbocycles. The van der Waals surface area contributed by atoms with Crippen LogP contribution in [0.2, 0.25) is 0 Å². The zero-order chi connectivity index (χ0) is 17.4. The largest absolute Gasteiger partial charge is 0.359 e. The normalized spacial score (nSPS) is 10.2. The molecule has 0 unspecified atom stereocenters. The predicted molar refractivity (Wildman–Crippen MR) is 91.6 cm³/mol. The van der Waals surface area contributed by atoms with Gasteiger partial charge in [0.25, 0.3) is 5.56 Å². The van der Waals surface area contributed by atoms with Crippen LogP contribution >= 0.6 is 11.8 Å². The second kappa shape index (κ2) is 8.88. The van der Waals surface area contributed by atoms with Gasteiger partial charge in [-0.3, -0.25) is 14.4 Å². The zero-order valence-electron chi connectivity index (χ0n) is 13.2. The van der Waals surface area contributed by atoms with Gasteiger partial charge >= 0.3 is 0 Å². The minimum atomic E-state index is -0.351. The van der Waals surface area contributed by atoms with Crippen molar-refractivity contribution in [3.63, 3.8) is 0 Å². The number of aromatic nitrogens is 2. The van der Waals surface area contributed by atoms with Crippen LogP contribution in [0.3, 0.4) is 0 Å². The first kappa shape index (κ1) is 17.7. The number of hydrogen-bond donors (Lipinski definition) is 3. The minimum absolute atomic E-state index is 0.0220. The van der Waals surface area contributed by atoms with Crippen LogP contribution in [0.5, 0.6) is 0 Å². The molecule has 0 saturated carbocycles. The first-order valence-electron chi connectivity index (χ1n) is 7.31. The molecule has 0 saturated heterocycles. The van der Waals surface area contributed by atoms with Crippen LogP contribution in [0, 0.1) is 0 Å². The lowest BCUT2D eigenvalue weighted by Gasteiger charge is -2.06. The number of likely N-dealkylation sites (N-methyl/N-ethyl adjacent to an activating group) is 1. The summed E-state index contributed by atoms with van der Waals surface area (Å²) < 4.78 is 0. The summed E-state index contributed by atoms with van der Waals surface area (Å²) in [5.41, 5.74) is 1.02. The Morgan fingerprint density at radius 1 is 1.21 bits per heavy atom. The lowest BCUT2D eigenvalue weighted by atomic mass is 10.2. The van der Waals surface area contributed by atoms with E-state index in [0.29, 0.717) is 17.4 Å². The van der Waals surface area contributed by atoms with Crippen LogP contribution in [0.1, 0.15) is 11.3 Å². The van der Waals surface area contributed by atoms with Crippen LogP contribution in [0.25, 0.3) is 0 Å². The standard InChI is InChI=1S/C16H18N4O3S/c1-17-13(21)7-12-8-14(22)20-16(19-12)24-10-15(23)18-9-11-5-3-2-4-6-11/h2-6,8H,7,9-10H2,1H3,(H,17,21)(H,18,23)(H,19,20,22). The van der Waals surface area contributed by atoms with E-state index in [-0.39, 0.29) is 29.5 Å². The van der Waals surface area contributed by atoms with Crippen molar-refractivity contribution in [1.29, 1.82) is 0 Å². The molecule has 126 valence electrons. The number of H-pyrrole nitrogens is 1. The van der Waals surface area contributed by atoms with Crippen molar-refractivity contribution in [3.8, 4) is 0 Å². The molecule has 0 aliphatic heterocycles. The summed E-state index contributed by atoms with van der Waals surface area (Å²) in [4.78, 5) is 41.5. The minimum Gasteiger partial charge on any atom is -0.359 e. The van der Waals surface area contributed by atoms with Gasteiger partial charge < -0.3 is 15.6 Å². The molecule has 2 rings (SSSR count). The number of nitrogens with one attached hydrogen (secondary N) is 3. The van der Waals surface area contributed by atoms with E-state index in [9.17, 15) is 14.4 Å². The third-order valence-corrected chi connectivity index (χ3v) is 3.94. The van der Waals surface area contributed by atoms with Gasteiger partial charge in [0.1, 0.15) is 0 Å². The number of rotatable bonds is 7. The topological polar surface area (TPSA) is 104 Å². The highest BCUT2D eigenvalue weighted by molar-refractivity contribution is 7.99. The lowest BCUT2D eigenvalue weighted by Crippen LogP contribution is -2.25. The number of aromatic amines is 1. The fourth-order valence-corrected chi connectivity index (χ4v) is 2.60. The number of hydrogen-bond acceptors (Lipinski definition) is 5. The van der Waals surface area contributed by atoms with Crippen molar-refractivity contribution in [3.05, 3.63) is 58.0 Å². The van der Waals surface area contributed by atoms with Gasteiger partial charge in [-0.15, -0.1) is 0 Å². The molecule has 0 atom stereocenters. The van der Waals surface area contributed by atoms with Gasteiger partial charge in [0, 0.05) is 19.7 Å². The Hall–Kier alpha value is -2.61. The van der Waals surface area contributed by atoms with Gasteiger partial charge in [0.2, 0.25) is 11.8 Å². The van der Waals surface area contributed by atoms with Gasteiger partial charge in [-0.1, -0.05) is 42.1 Å². The molecule has 1 aromatic carbocycles. The van der Waals surface area contributed by atoms with Crippen molar-refractivity contribution < 1.29 is 9.59 Å². The summed E-state index contributed by atoms with van der Waals surface area (Å²) in [6.45, 7) is 0.445. The van der Waals surface area contributed by atoms with Crippen LogP contribution in [-0.4, -0.2) is 34.6 Å². The summed E-state index contributed by atoms with van der Waals surface area (Å²) in [7, 11) is 1.52. The molecule has 2 amide bonds. The van der Waals surface area contributed by atoms with E-state index in [2.05, 4.69) is 20.6 Å². The quantitative estimate of drug-likeness (QED) is 0.499. The van der Waals surface area contributed by atoms with Gasteiger partial charge in [0.15, 0.2) is 5.16 Å². The molecule has 1 heterocycles. The van der Waals surface area contributed by atoms with Gasteiger partial charge in [-0.25, -0.2) is 4.98 Å². The smallest absolute Gasteiger partial charge is 0.251 e. The maximum Gasteiger partial charge on any atom is 0.251 e. The average Bonchev–Trinajstić information content (AvgIpc) is 2.58. The molecular formula is C16H18N4O3S. The first-order chi connectivity index (χ1) is 11.6. The van der Waals surface area contributed by atoms with Crippen molar-refractivity contribution in [1.82, 2.24) is 20.6 Å². The molecule has 2 aromatic rings. The van der Waals surface area contributed by atoms with Crippen LogP contribution in [0.15, 0.2) is 46.3 Å². The van der Waals surface area contributed by atoms with E-state index >= 15 is 0 Å². The summed E-state index contributed by atoms with van der Waals surface area (Å²) >= 11 is 1.12. The summed E-state index contributed by atoms with van der Waals surface area (Å²) in [6.07, 6.45) is 0.0220. The Morgan fingerprint density at radius 3 is 2.67 bits per heavy atom. The van der Waals surface area contributed by atoms with Crippen molar-refractivity contribution in [2.24, 2.45) is 0 Å². The fraction of sp³-hybridized carbons (Fsp3) is 0.250. The Bertz CT molecular complexity index is 761. The Kier molecular flexibility index (Phi) is 6.56. The van der Waals surface area contributed by atoms with E-state index in [0.717, 1.165) is 17.3 Å². The highest BCUT2D eigenvalue weighted by Gasteiger charge is 2.08. The van der Waals surface area contributed by atoms with E-state index in [1.165, 1.54) is 13.1 Å². The van der Waals surface area contributed by atoms with Gasteiger partial charge in [-0.2, -0.15) is 0 Å². The fourth-order valence-electron chi connectivity index (χ4n) is 1.88. The Labute approximate surface area is 143 Å². The van der Waals surface area contributed by atoms with Crippen molar-refractivity contribution >= 4 is 23.6 Å². The summed E-state index contributed by atoms with van der Waals surface area (Å²) in [5.74, 6) is -0.271. The Morgan fingerprint density at radius 2 is 1.96 bits per heavy atom. The van der Waals surface area contributed by atoms with Crippen LogP contribution in [-0.2, 0) is 22.6 Å². The number of carbonyl (C=O) groups is 2. The first-order valence-corrected chi connectivity index (χ1v) is 8.29. The molecule has 24 heavy (non-hydrogen) atoms. The van der Waals surface area contributed by atoms with Crippen molar-refractivity contribution in [2.45, 2.75) is 18.1 Å². The third kappa shape index (κ3) is 5.88. The summed E-state index contributed by atoms with van der Waals surface area (Å²) in [5, 5.41) is 5.58. The second-order valence-corrected chi connectivity index (χ2v) is 5.91. The number of amides is 2. The lowest BCUT2D eigenvalue weighted by molar-refractivity contribution is -0.120. The SMILES string of the molecule is CNC(=O)Cc1cc(=O)[nH]c(SCC(=O)NCc2ccccc2)n1. The molecule has 0 bridgehead atoms. The third-order valence-electron chi connectivity index (χ3n) is 3.07. The molecule has 7 nitrogen and oxygen atoms in total. The maximum atomic E-state index is 11.9. The molecule has 1 aromatic heterocycles. The summed E-state index contributed by atoms with van der Waals surface area (Å²) in [6, 6.07) is 10.8. The highest BCUT2D eigenvalue weighted by Crippen LogP contribution is 2.11. The zero-order valence-corrected chi connectivity index (χ0v) is 14.0. The van der Waals surface area contributed by atoms with Gasteiger partial charge in [0.05, 0.1) is 17.9 Å². The average molecular weight is 346 g/mol. The molecular weight excluding hydrogens is 328 g/mol. The Balaban J connectivity index is 1.88. The molecule has 3 N–H and O–H groups in total. The number of nitrogens with zero attached hydrogens (tertiary/aromatic N) is 1. The van der Waals surface area contributed by atoms with E-state index in [1.54, 1.807) is 0 Å². The highest BCUT2D eigenvalue weighted by atomic mass is 32.2. The van der Waals surface area contributed by atoms with Crippen LogP contribution in [0.4, 0.5) is 0 Å². The number of thioether (sulfide) groups is 1. The number of benzene rings is 1. The van der Waals surface area contributed by atoms with E-state index in [1.807, 2.05) is 30.3 Å². The molecule has 0 aliphatic rings. The van der Waals surface area contributed by atoms with Crippen LogP contribution < -0.4 is 16.2 Å². The molecule has 0 fully saturated rings. The molecule has 0 radical (unpaired) electrons. The predicted octanol–water partition coefficient (Wildman–Crippen LogP) is 0.467.